The SMILES string of the molecule is CN(C(=O)NCc1cccc(F)c1Cl)[C@@H](CNC(=O)[C@H](N)CCO)COC(=O)Nc1cc2cc(F)ccc2cn1. The zero-order chi connectivity index (χ0) is 29.2. The van der Waals surface area contributed by atoms with Crippen LogP contribution >= 0.6 is 11.6 Å². The number of ether oxygens (including phenoxy) is 1. The minimum Gasteiger partial charge on any atom is -0.447 e. The Morgan fingerprint density at radius 3 is 2.67 bits per heavy atom. The van der Waals surface area contributed by atoms with Crippen LogP contribution in [-0.4, -0.2) is 71.9 Å². The van der Waals surface area contributed by atoms with Gasteiger partial charge in [0.2, 0.25) is 5.91 Å². The molecule has 0 unspecified atom stereocenters. The first-order valence-electron chi connectivity index (χ1n) is 12.2. The quantitative estimate of drug-likeness (QED) is 0.234. The van der Waals surface area contributed by atoms with Crippen molar-refractivity contribution < 1.29 is 33.0 Å². The van der Waals surface area contributed by atoms with Gasteiger partial charge in [0.1, 0.15) is 24.1 Å². The molecule has 0 radical (unpaired) electrons. The number of nitrogens with one attached hydrogen (secondary N) is 3. The van der Waals surface area contributed by atoms with E-state index in [2.05, 4.69) is 20.9 Å². The molecule has 4 amide bonds. The number of anilines is 1. The number of carbonyl (C=O) groups excluding carboxylic acids is 3. The van der Waals surface area contributed by atoms with E-state index in [0.717, 1.165) is 0 Å². The first-order chi connectivity index (χ1) is 19.1. The predicted octanol–water partition coefficient (Wildman–Crippen LogP) is 2.75. The number of pyridine rings is 1. The first-order valence-corrected chi connectivity index (χ1v) is 12.5. The molecule has 214 valence electrons. The summed E-state index contributed by atoms with van der Waals surface area (Å²) in [4.78, 5) is 42.8. The molecule has 0 fully saturated rings. The van der Waals surface area contributed by atoms with Crippen LogP contribution in [0.4, 0.5) is 24.2 Å². The molecule has 3 aromatic rings. The van der Waals surface area contributed by atoms with Gasteiger partial charge in [-0.2, -0.15) is 0 Å². The number of amides is 4. The van der Waals surface area contributed by atoms with Gasteiger partial charge in [-0.15, -0.1) is 0 Å². The smallest absolute Gasteiger partial charge is 0.412 e. The molecule has 0 aliphatic heterocycles. The number of nitrogens with two attached hydrogens (primary N) is 1. The average Bonchev–Trinajstić information content (AvgIpc) is 2.93. The number of hydrogen-bond acceptors (Lipinski definition) is 7. The monoisotopic (exact) mass is 578 g/mol. The Hall–Kier alpha value is -4.07. The summed E-state index contributed by atoms with van der Waals surface area (Å²) in [5.41, 5.74) is 6.06. The van der Waals surface area contributed by atoms with Crippen molar-refractivity contribution in [3.63, 3.8) is 0 Å². The van der Waals surface area contributed by atoms with Crippen LogP contribution in [0, 0.1) is 11.6 Å². The van der Waals surface area contributed by atoms with Gasteiger partial charge in [0.25, 0.3) is 0 Å². The summed E-state index contributed by atoms with van der Waals surface area (Å²) in [5.74, 6) is -1.54. The van der Waals surface area contributed by atoms with E-state index in [-0.39, 0.29) is 43.6 Å². The molecule has 2 aromatic carbocycles. The maximum absolute atomic E-state index is 13.7. The lowest BCUT2D eigenvalue weighted by Crippen LogP contribution is -2.52. The lowest BCUT2D eigenvalue weighted by Gasteiger charge is -2.28. The summed E-state index contributed by atoms with van der Waals surface area (Å²) in [7, 11) is 1.41. The van der Waals surface area contributed by atoms with E-state index < -0.39 is 41.7 Å². The second kappa shape index (κ2) is 14.4. The van der Waals surface area contributed by atoms with Gasteiger partial charge < -0.3 is 31.1 Å². The normalized spacial score (nSPS) is 12.3. The number of carbonyl (C=O) groups is 3. The van der Waals surface area contributed by atoms with Gasteiger partial charge in [0.05, 0.1) is 17.1 Å². The maximum atomic E-state index is 13.7. The largest absolute Gasteiger partial charge is 0.447 e. The molecule has 0 aliphatic carbocycles. The third-order valence-corrected chi connectivity index (χ3v) is 6.36. The van der Waals surface area contributed by atoms with Crippen LogP contribution in [0.25, 0.3) is 10.8 Å². The van der Waals surface area contributed by atoms with Crippen LogP contribution in [-0.2, 0) is 16.1 Å². The van der Waals surface area contributed by atoms with E-state index in [0.29, 0.717) is 16.3 Å². The van der Waals surface area contributed by atoms with Gasteiger partial charge >= 0.3 is 12.1 Å². The number of nitrogens with zero attached hydrogens (tertiary/aromatic N) is 2. The van der Waals surface area contributed by atoms with E-state index in [1.807, 2.05) is 0 Å². The van der Waals surface area contributed by atoms with Gasteiger partial charge in [0.15, 0.2) is 0 Å². The predicted molar refractivity (Wildman–Crippen MR) is 145 cm³/mol. The van der Waals surface area contributed by atoms with E-state index in [1.54, 1.807) is 12.1 Å². The maximum Gasteiger partial charge on any atom is 0.412 e. The molecule has 0 aliphatic rings. The molecule has 1 aromatic heterocycles. The Morgan fingerprint density at radius 2 is 1.93 bits per heavy atom. The van der Waals surface area contributed by atoms with Crippen LogP contribution in [0.15, 0.2) is 48.7 Å². The Morgan fingerprint density at radius 1 is 1.15 bits per heavy atom. The molecule has 3 rings (SSSR count). The summed E-state index contributed by atoms with van der Waals surface area (Å²) >= 11 is 5.94. The van der Waals surface area contributed by atoms with Crippen LogP contribution < -0.4 is 21.7 Å². The highest BCUT2D eigenvalue weighted by molar-refractivity contribution is 6.31. The third kappa shape index (κ3) is 8.46. The van der Waals surface area contributed by atoms with E-state index in [1.165, 1.54) is 48.5 Å². The van der Waals surface area contributed by atoms with E-state index >= 15 is 0 Å². The fourth-order valence-electron chi connectivity index (χ4n) is 3.57. The summed E-state index contributed by atoms with van der Waals surface area (Å²) in [6.45, 7) is -0.880. The lowest BCUT2D eigenvalue weighted by molar-refractivity contribution is -0.122. The molecular weight excluding hydrogens is 550 g/mol. The van der Waals surface area contributed by atoms with Crippen molar-refractivity contribution in [1.82, 2.24) is 20.5 Å². The Bertz CT molecular complexity index is 1360. The fraction of sp³-hybridized carbons (Fsp3) is 0.308. The van der Waals surface area contributed by atoms with Crippen molar-refractivity contribution in [2.24, 2.45) is 5.73 Å². The van der Waals surface area contributed by atoms with Crippen LogP contribution in [0.2, 0.25) is 5.02 Å². The Balaban J connectivity index is 1.64. The minimum atomic E-state index is -0.979. The van der Waals surface area contributed by atoms with Gasteiger partial charge in [0, 0.05) is 38.3 Å². The highest BCUT2D eigenvalue weighted by Crippen LogP contribution is 2.20. The number of aromatic nitrogens is 1. The second-order valence-corrected chi connectivity index (χ2v) is 9.16. The Kier molecular flexibility index (Phi) is 10.9. The topological polar surface area (TPSA) is 159 Å². The number of urea groups is 1. The molecule has 0 saturated heterocycles. The number of likely N-dealkylation sites (N-methyl/N-ethyl adjacent to an activating group) is 1. The molecule has 0 spiro atoms. The number of hydrogen-bond donors (Lipinski definition) is 5. The van der Waals surface area contributed by atoms with Crippen molar-refractivity contribution in [2.75, 3.05) is 32.1 Å². The van der Waals surface area contributed by atoms with Crippen LogP contribution in [0.3, 0.4) is 0 Å². The van der Waals surface area contributed by atoms with Crippen LogP contribution in [0.1, 0.15) is 12.0 Å². The molecule has 40 heavy (non-hydrogen) atoms. The fourth-order valence-corrected chi connectivity index (χ4v) is 3.76. The Labute approximate surface area is 233 Å². The van der Waals surface area contributed by atoms with Gasteiger partial charge in [-0.25, -0.2) is 23.4 Å². The zero-order valence-electron chi connectivity index (χ0n) is 21.5. The lowest BCUT2D eigenvalue weighted by atomic mass is 10.2. The van der Waals surface area contributed by atoms with E-state index in [4.69, 9.17) is 27.2 Å². The molecule has 0 saturated carbocycles. The van der Waals surface area contributed by atoms with Crippen LogP contribution in [0.5, 0.6) is 0 Å². The van der Waals surface area contributed by atoms with Crippen molar-refractivity contribution in [3.8, 4) is 0 Å². The number of rotatable bonds is 11. The molecule has 14 heteroatoms. The van der Waals surface area contributed by atoms with Crippen molar-refractivity contribution in [2.45, 2.75) is 25.0 Å². The van der Waals surface area contributed by atoms with Crippen molar-refractivity contribution in [3.05, 3.63) is 70.9 Å². The number of aliphatic hydroxyl groups is 1. The summed E-state index contributed by atoms with van der Waals surface area (Å²) in [6.07, 6.45) is 0.585. The molecule has 0 bridgehead atoms. The average molecular weight is 579 g/mol. The number of fused-ring (bicyclic) bond motifs is 1. The number of aliphatic hydroxyl groups excluding tert-OH is 1. The van der Waals surface area contributed by atoms with Gasteiger partial charge in [-0.3, -0.25) is 10.1 Å². The number of benzene rings is 2. The van der Waals surface area contributed by atoms with Gasteiger partial charge in [-0.1, -0.05) is 23.7 Å². The molecular formula is C26H29ClF2N6O5. The van der Waals surface area contributed by atoms with Crippen molar-refractivity contribution >= 4 is 46.2 Å². The molecule has 6 N–H and O–H groups in total. The van der Waals surface area contributed by atoms with E-state index in [9.17, 15) is 23.2 Å². The van der Waals surface area contributed by atoms with Crippen molar-refractivity contribution in [1.29, 1.82) is 0 Å². The van der Waals surface area contributed by atoms with Gasteiger partial charge in [-0.05, 0) is 47.7 Å². The molecule has 1 heterocycles. The third-order valence-electron chi connectivity index (χ3n) is 5.94. The summed E-state index contributed by atoms with van der Waals surface area (Å²) in [6, 6.07) is 7.33. The molecule has 2 atom stereocenters. The number of halogens is 3. The highest BCUT2D eigenvalue weighted by atomic mass is 35.5. The summed E-state index contributed by atoms with van der Waals surface area (Å²) < 4.78 is 32.5. The summed E-state index contributed by atoms with van der Waals surface area (Å²) in [5, 5.41) is 17.7. The first kappa shape index (κ1) is 30.5. The minimum absolute atomic E-state index is 0.0305. The second-order valence-electron chi connectivity index (χ2n) is 8.78. The highest BCUT2D eigenvalue weighted by Gasteiger charge is 2.24. The standard InChI is InChI=1S/C26H29ClF2N6O5/c1-35(25(38)33-12-16-3-2-4-20(29)23(16)27)19(13-32-24(37)21(30)7-8-36)14-40-26(39)34-22-10-17-9-18(28)6-5-15(17)11-31-22/h2-6,9-11,19,21,36H,7-8,12-14,30H2,1H3,(H,32,37)(H,33,38)(H,31,34,39)/t19-,21+/m0/s1. The zero-order valence-corrected chi connectivity index (χ0v) is 22.3. The molecule has 11 nitrogen and oxygen atoms in total.